The average molecular weight is 232 g/mol. The van der Waals surface area contributed by atoms with Crippen molar-refractivity contribution in [1.29, 1.82) is 0 Å². The first-order chi connectivity index (χ1) is 7.98. The molecular formula is C16H24O. The number of aliphatic hydroxyl groups excluding tert-OH is 1. The van der Waals surface area contributed by atoms with Gasteiger partial charge in [0.1, 0.15) is 0 Å². The Bertz CT molecular complexity index is 358. The van der Waals surface area contributed by atoms with Crippen LogP contribution in [-0.4, -0.2) is 11.2 Å². The maximum Gasteiger partial charge on any atom is 0.0608 e. The summed E-state index contributed by atoms with van der Waals surface area (Å²) in [6.07, 6.45) is 4.40. The predicted octanol–water partition coefficient (Wildman–Crippen LogP) is 4.00. The number of aliphatic hydroxyl groups is 1. The molecule has 2 atom stereocenters. The van der Waals surface area contributed by atoms with E-state index in [0.717, 1.165) is 12.8 Å². The lowest BCUT2D eigenvalue weighted by molar-refractivity contribution is 0.106. The molecule has 1 saturated carbocycles. The molecule has 0 aromatic heterocycles. The van der Waals surface area contributed by atoms with E-state index in [1.54, 1.807) is 0 Å². The molecule has 0 saturated heterocycles. The molecule has 1 nitrogen and oxygen atoms in total. The van der Waals surface area contributed by atoms with Crippen LogP contribution in [0, 0.1) is 0 Å². The molecule has 0 aliphatic heterocycles. The van der Waals surface area contributed by atoms with Gasteiger partial charge in [0.05, 0.1) is 6.10 Å². The van der Waals surface area contributed by atoms with Gasteiger partial charge in [0.15, 0.2) is 0 Å². The van der Waals surface area contributed by atoms with E-state index in [1.165, 1.54) is 24.0 Å². The summed E-state index contributed by atoms with van der Waals surface area (Å²) in [5.74, 6) is 0.359. The molecule has 0 bridgehead atoms. The van der Waals surface area contributed by atoms with Gasteiger partial charge in [-0.15, -0.1) is 0 Å². The van der Waals surface area contributed by atoms with Crippen LogP contribution in [0.15, 0.2) is 24.3 Å². The zero-order valence-electron chi connectivity index (χ0n) is 11.2. The van der Waals surface area contributed by atoms with Crippen LogP contribution in [0.1, 0.15) is 63.5 Å². The fourth-order valence-corrected chi connectivity index (χ4v) is 2.73. The highest BCUT2D eigenvalue weighted by Gasteiger charge is 2.24. The van der Waals surface area contributed by atoms with Gasteiger partial charge in [0.2, 0.25) is 0 Å². The lowest BCUT2D eigenvalue weighted by Gasteiger charge is -2.28. The molecule has 1 N–H and O–H groups in total. The molecule has 1 aromatic carbocycles. The van der Waals surface area contributed by atoms with Crippen molar-refractivity contribution in [3.05, 3.63) is 35.4 Å². The van der Waals surface area contributed by atoms with Crippen molar-refractivity contribution >= 4 is 0 Å². The van der Waals surface area contributed by atoms with Gasteiger partial charge < -0.3 is 5.11 Å². The number of benzene rings is 1. The molecule has 94 valence electrons. The number of hydrogen-bond donors (Lipinski definition) is 1. The molecule has 0 radical (unpaired) electrons. The zero-order valence-corrected chi connectivity index (χ0v) is 11.2. The Balaban J connectivity index is 2.17. The van der Waals surface area contributed by atoms with Gasteiger partial charge in [0, 0.05) is 5.92 Å². The third kappa shape index (κ3) is 2.90. The lowest BCUT2D eigenvalue weighted by Crippen LogP contribution is -2.22. The van der Waals surface area contributed by atoms with Crippen LogP contribution in [0.2, 0.25) is 0 Å². The number of hydrogen-bond acceptors (Lipinski definition) is 1. The standard InChI is InChI=1S/C16H24O/c1-16(2,3)13-10-8-12(9-11-13)14-6-4-5-7-15(14)17/h8-11,14-15,17H,4-7H2,1-3H3/t14-,15-/m1/s1. The first-order valence-corrected chi connectivity index (χ1v) is 6.77. The summed E-state index contributed by atoms with van der Waals surface area (Å²) in [5.41, 5.74) is 2.89. The summed E-state index contributed by atoms with van der Waals surface area (Å²) in [6.45, 7) is 6.70. The van der Waals surface area contributed by atoms with E-state index in [2.05, 4.69) is 45.0 Å². The van der Waals surface area contributed by atoms with E-state index in [4.69, 9.17) is 0 Å². The topological polar surface area (TPSA) is 20.2 Å². The monoisotopic (exact) mass is 232 g/mol. The minimum atomic E-state index is -0.135. The molecule has 0 heterocycles. The highest BCUT2D eigenvalue weighted by molar-refractivity contribution is 5.30. The van der Waals surface area contributed by atoms with Crippen molar-refractivity contribution in [2.75, 3.05) is 0 Å². The normalized spacial score (nSPS) is 25.9. The minimum absolute atomic E-state index is 0.135. The molecule has 0 amide bonds. The van der Waals surface area contributed by atoms with E-state index >= 15 is 0 Å². The van der Waals surface area contributed by atoms with E-state index in [0.29, 0.717) is 5.92 Å². The maximum atomic E-state index is 10.1. The second-order valence-electron chi connectivity index (χ2n) is 6.33. The van der Waals surface area contributed by atoms with Gasteiger partial charge in [-0.25, -0.2) is 0 Å². The predicted molar refractivity (Wildman–Crippen MR) is 72.4 cm³/mol. The largest absolute Gasteiger partial charge is 0.392 e. The Labute approximate surface area is 105 Å². The van der Waals surface area contributed by atoms with Gasteiger partial charge in [-0.1, -0.05) is 57.9 Å². The molecule has 17 heavy (non-hydrogen) atoms. The van der Waals surface area contributed by atoms with Gasteiger partial charge >= 0.3 is 0 Å². The molecule has 0 spiro atoms. The van der Waals surface area contributed by atoms with Crippen LogP contribution in [0.4, 0.5) is 0 Å². The van der Waals surface area contributed by atoms with Crippen LogP contribution in [0.5, 0.6) is 0 Å². The summed E-state index contributed by atoms with van der Waals surface area (Å²) >= 11 is 0. The van der Waals surface area contributed by atoms with E-state index in [1.807, 2.05) is 0 Å². The highest BCUT2D eigenvalue weighted by atomic mass is 16.3. The molecule has 1 heteroatoms. The maximum absolute atomic E-state index is 10.1. The Hall–Kier alpha value is -0.820. The molecular weight excluding hydrogens is 208 g/mol. The van der Waals surface area contributed by atoms with Crippen molar-refractivity contribution in [3.8, 4) is 0 Å². The Morgan fingerprint density at radius 2 is 1.59 bits per heavy atom. The smallest absolute Gasteiger partial charge is 0.0608 e. The van der Waals surface area contributed by atoms with Gasteiger partial charge in [-0.05, 0) is 29.4 Å². The van der Waals surface area contributed by atoms with Crippen LogP contribution in [0.3, 0.4) is 0 Å². The average Bonchev–Trinajstić information content (AvgIpc) is 2.29. The minimum Gasteiger partial charge on any atom is -0.392 e. The molecule has 1 aliphatic carbocycles. The fourth-order valence-electron chi connectivity index (χ4n) is 2.73. The van der Waals surface area contributed by atoms with E-state index < -0.39 is 0 Å². The SMILES string of the molecule is CC(C)(C)c1ccc([C@H]2CCCC[C@H]2O)cc1. The van der Waals surface area contributed by atoms with Crippen molar-refractivity contribution < 1.29 is 5.11 Å². The first-order valence-electron chi connectivity index (χ1n) is 6.77. The van der Waals surface area contributed by atoms with Crippen LogP contribution >= 0.6 is 0 Å². The molecule has 1 fully saturated rings. The van der Waals surface area contributed by atoms with Crippen molar-refractivity contribution in [2.45, 2.75) is 63.9 Å². The van der Waals surface area contributed by atoms with Crippen LogP contribution in [-0.2, 0) is 5.41 Å². The van der Waals surface area contributed by atoms with E-state index in [-0.39, 0.29) is 11.5 Å². The van der Waals surface area contributed by atoms with Crippen LogP contribution in [0.25, 0.3) is 0 Å². The van der Waals surface area contributed by atoms with Crippen molar-refractivity contribution in [1.82, 2.24) is 0 Å². The molecule has 1 aromatic rings. The summed E-state index contributed by atoms with van der Waals surface area (Å²) in [5, 5.41) is 10.1. The lowest BCUT2D eigenvalue weighted by atomic mass is 9.80. The van der Waals surface area contributed by atoms with E-state index in [9.17, 15) is 5.11 Å². The van der Waals surface area contributed by atoms with Crippen LogP contribution < -0.4 is 0 Å². The Morgan fingerprint density at radius 3 is 2.12 bits per heavy atom. The summed E-state index contributed by atoms with van der Waals surface area (Å²) in [7, 11) is 0. The van der Waals surface area contributed by atoms with Gasteiger partial charge in [-0.3, -0.25) is 0 Å². The summed E-state index contributed by atoms with van der Waals surface area (Å²) in [4.78, 5) is 0. The van der Waals surface area contributed by atoms with Crippen molar-refractivity contribution in [3.63, 3.8) is 0 Å². The highest BCUT2D eigenvalue weighted by Crippen LogP contribution is 2.34. The molecule has 0 unspecified atom stereocenters. The second kappa shape index (κ2) is 4.81. The Morgan fingerprint density at radius 1 is 1.00 bits per heavy atom. The summed E-state index contributed by atoms with van der Waals surface area (Å²) < 4.78 is 0. The van der Waals surface area contributed by atoms with Gasteiger partial charge in [-0.2, -0.15) is 0 Å². The third-order valence-electron chi connectivity index (χ3n) is 3.93. The first kappa shape index (κ1) is 12.6. The Kier molecular flexibility index (Phi) is 3.58. The summed E-state index contributed by atoms with van der Waals surface area (Å²) in [6, 6.07) is 8.85. The number of rotatable bonds is 1. The molecule has 1 aliphatic rings. The molecule has 2 rings (SSSR count). The van der Waals surface area contributed by atoms with Crippen molar-refractivity contribution in [2.24, 2.45) is 0 Å². The third-order valence-corrected chi connectivity index (χ3v) is 3.93. The zero-order chi connectivity index (χ0) is 12.5. The quantitative estimate of drug-likeness (QED) is 0.776. The van der Waals surface area contributed by atoms with Gasteiger partial charge in [0.25, 0.3) is 0 Å². The second-order valence-corrected chi connectivity index (χ2v) is 6.33. The fraction of sp³-hybridized carbons (Fsp3) is 0.625.